The lowest BCUT2D eigenvalue weighted by atomic mass is 10.2. The average Bonchev–Trinajstić information content (AvgIpc) is 2.28. The summed E-state index contributed by atoms with van der Waals surface area (Å²) in [6.07, 6.45) is 0. The molecule has 1 aromatic carbocycles. The number of hydrogen-bond acceptors (Lipinski definition) is 3. The fourth-order valence-corrected chi connectivity index (χ4v) is 1.80. The third kappa shape index (κ3) is 2.14. The quantitative estimate of drug-likeness (QED) is 0.796. The number of fused-ring (bicyclic) bond motifs is 1. The molecule has 5 heteroatoms. The maximum Gasteiger partial charge on any atom is 0.328 e. The van der Waals surface area contributed by atoms with Crippen molar-refractivity contribution in [3.05, 3.63) is 44.6 Å². The summed E-state index contributed by atoms with van der Waals surface area (Å²) in [7, 11) is 1.78. The molecule has 17 heavy (non-hydrogen) atoms. The highest BCUT2D eigenvalue weighted by molar-refractivity contribution is 5.77. The minimum absolute atomic E-state index is 0.237. The van der Waals surface area contributed by atoms with Gasteiger partial charge in [-0.05, 0) is 31.7 Å². The number of aryl methyl sites for hydroxylation is 1. The number of rotatable bonds is 3. The number of likely N-dealkylation sites (N-methyl/N-ethyl adjacent to an activating group) is 1. The largest absolute Gasteiger partial charge is 0.328 e. The Balaban J connectivity index is 2.68. The van der Waals surface area contributed by atoms with Crippen LogP contribution < -0.4 is 16.6 Å². The van der Waals surface area contributed by atoms with Crippen LogP contribution in [0.4, 0.5) is 0 Å². The van der Waals surface area contributed by atoms with E-state index in [0.717, 1.165) is 5.56 Å². The molecule has 2 N–H and O–H groups in total. The molecule has 2 rings (SSSR count). The molecule has 1 aromatic heterocycles. The molecule has 0 saturated carbocycles. The van der Waals surface area contributed by atoms with Crippen molar-refractivity contribution in [1.82, 2.24) is 14.9 Å². The Morgan fingerprint density at radius 2 is 2.12 bits per heavy atom. The van der Waals surface area contributed by atoms with Crippen molar-refractivity contribution in [3.8, 4) is 0 Å². The average molecular weight is 233 g/mol. The summed E-state index contributed by atoms with van der Waals surface area (Å²) < 4.78 is 1.22. The lowest BCUT2D eigenvalue weighted by molar-refractivity contribution is 0.602. The van der Waals surface area contributed by atoms with E-state index in [1.54, 1.807) is 19.2 Å². The van der Waals surface area contributed by atoms with Crippen molar-refractivity contribution in [1.29, 1.82) is 0 Å². The molecule has 0 bridgehead atoms. The molecule has 0 aliphatic carbocycles. The van der Waals surface area contributed by atoms with Gasteiger partial charge in [0.05, 0.1) is 10.9 Å². The Morgan fingerprint density at radius 3 is 2.82 bits per heavy atom. The number of H-pyrrole nitrogens is 1. The van der Waals surface area contributed by atoms with Crippen molar-refractivity contribution in [2.24, 2.45) is 0 Å². The van der Waals surface area contributed by atoms with Crippen LogP contribution in [-0.2, 0) is 6.54 Å². The van der Waals surface area contributed by atoms with E-state index in [1.807, 2.05) is 13.0 Å². The van der Waals surface area contributed by atoms with Crippen LogP contribution in [0.15, 0.2) is 27.8 Å². The number of nitrogens with one attached hydrogen (secondary N) is 2. The maximum atomic E-state index is 12.1. The highest BCUT2D eigenvalue weighted by Crippen LogP contribution is 2.07. The van der Waals surface area contributed by atoms with E-state index in [0.29, 0.717) is 24.0 Å². The summed E-state index contributed by atoms with van der Waals surface area (Å²) in [6.45, 7) is 2.87. The third-order valence-electron chi connectivity index (χ3n) is 2.72. The molecule has 0 radical (unpaired) electrons. The van der Waals surface area contributed by atoms with Crippen LogP contribution in [0.25, 0.3) is 10.9 Å². The van der Waals surface area contributed by atoms with E-state index in [1.165, 1.54) is 4.57 Å². The lowest BCUT2D eigenvalue weighted by Crippen LogP contribution is -2.37. The zero-order chi connectivity index (χ0) is 12.4. The molecule has 5 nitrogen and oxygen atoms in total. The SMILES string of the molecule is CNCCn1c(=O)[nH]c2cc(C)ccc2c1=O. The Labute approximate surface area is 98.1 Å². The molecule has 0 spiro atoms. The highest BCUT2D eigenvalue weighted by Gasteiger charge is 2.06. The number of aromatic nitrogens is 2. The number of nitrogens with zero attached hydrogens (tertiary/aromatic N) is 1. The van der Waals surface area contributed by atoms with E-state index in [9.17, 15) is 9.59 Å². The Bertz CT molecular complexity index is 655. The van der Waals surface area contributed by atoms with Crippen molar-refractivity contribution in [2.75, 3.05) is 13.6 Å². The molecule has 0 aliphatic heterocycles. The molecule has 0 unspecified atom stereocenters. The first-order chi connectivity index (χ1) is 8.13. The third-order valence-corrected chi connectivity index (χ3v) is 2.72. The Morgan fingerprint density at radius 1 is 1.35 bits per heavy atom. The number of aromatic amines is 1. The van der Waals surface area contributed by atoms with Crippen LogP contribution in [-0.4, -0.2) is 23.1 Å². The zero-order valence-electron chi connectivity index (χ0n) is 9.91. The summed E-state index contributed by atoms with van der Waals surface area (Å²) in [5.74, 6) is 0. The highest BCUT2D eigenvalue weighted by atomic mass is 16.2. The summed E-state index contributed by atoms with van der Waals surface area (Å²) in [5.41, 5.74) is 1.02. The van der Waals surface area contributed by atoms with Gasteiger partial charge in [-0.3, -0.25) is 9.36 Å². The topological polar surface area (TPSA) is 66.9 Å². The summed E-state index contributed by atoms with van der Waals surface area (Å²) in [5, 5.41) is 3.46. The predicted octanol–water partition coefficient (Wildman–Crippen LogP) is 0.218. The Kier molecular flexibility index (Phi) is 3.10. The molecule has 0 amide bonds. The Hall–Kier alpha value is -1.88. The van der Waals surface area contributed by atoms with E-state index in [2.05, 4.69) is 10.3 Å². The van der Waals surface area contributed by atoms with Gasteiger partial charge in [-0.15, -0.1) is 0 Å². The van der Waals surface area contributed by atoms with Crippen molar-refractivity contribution in [3.63, 3.8) is 0 Å². The van der Waals surface area contributed by atoms with Gasteiger partial charge < -0.3 is 10.3 Å². The predicted molar refractivity (Wildman–Crippen MR) is 67.5 cm³/mol. The van der Waals surface area contributed by atoms with Crippen LogP contribution >= 0.6 is 0 Å². The molecule has 0 saturated heterocycles. The molecule has 0 aliphatic rings. The lowest BCUT2D eigenvalue weighted by Gasteiger charge is -2.06. The van der Waals surface area contributed by atoms with E-state index in [4.69, 9.17) is 0 Å². The first-order valence-electron chi connectivity index (χ1n) is 5.51. The molecule has 90 valence electrons. The van der Waals surface area contributed by atoms with Gasteiger partial charge >= 0.3 is 5.69 Å². The maximum absolute atomic E-state index is 12.1. The molecule has 0 fully saturated rings. The second-order valence-corrected chi connectivity index (χ2v) is 4.04. The first-order valence-corrected chi connectivity index (χ1v) is 5.51. The van der Waals surface area contributed by atoms with E-state index < -0.39 is 0 Å². The van der Waals surface area contributed by atoms with Gasteiger partial charge in [-0.1, -0.05) is 6.07 Å². The van der Waals surface area contributed by atoms with Crippen LogP contribution in [0.3, 0.4) is 0 Å². The molecule has 0 atom stereocenters. The van der Waals surface area contributed by atoms with Crippen LogP contribution in [0.2, 0.25) is 0 Å². The van der Waals surface area contributed by atoms with Crippen molar-refractivity contribution >= 4 is 10.9 Å². The minimum atomic E-state index is -0.358. The van der Waals surface area contributed by atoms with Crippen LogP contribution in [0.1, 0.15) is 5.56 Å². The molecule has 1 heterocycles. The van der Waals surface area contributed by atoms with Gasteiger partial charge in [-0.2, -0.15) is 0 Å². The zero-order valence-corrected chi connectivity index (χ0v) is 9.91. The first kappa shape index (κ1) is 11.6. The molecular weight excluding hydrogens is 218 g/mol. The van der Waals surface area contributed by atoms with Crippen LogP contribution in [0, 0.1) is 6.92 Å². The summed E-state index contributed by atoms with van der Waals surface area (Å²) in [6, 6.07) is 5.42. The van der Waals surface area contributed by atoms with Crippen LogP contribution in [0.5, 0.6) is 0 Å². The second-order valence-electron chi connectivity index (χ2n) is 4.04. The van der Waals surface area contributed by atoms with Gasteiger partial charge in [0.1, 0.15) is 0 Å². The van der Waals surface area contributed by atoms with E-state index in [-0.39, 0.29) is 11.2 Å². The molecular formula is C12H15N3O2. The van der Waals surface area contributed by atoms with Crippen molar-refractivity contribution < 1.29 is 0 Å². The molecule has 2 aromatic rings. The van der Waals surface area contributed by atoms with Gasteiger partial charge in [0, 0.05) is 13.1 Å². The fourth-order valence-electron chi connectivity index (χ4n) is 1.80. The summed E-state index contributed by atoms with van der Waals surface area (Å²) in [4.78, 5) is 26.6. The van der Waals surface area contributed by atoms with Gasteiger partial charge in [-0.25, -0.2) is 4.79 Å². The van der Waals surface area contributed by atoms with Crippen molar-refractivity contribution in [2.45, 2.75) is 13.5 Å². The normalized spacial score (nSPS) is 10.9. The minimum Gasteiger partial charge on any atom is -0.318 e. The number of hydrogen-bond donors (Lipinski definition) is 2. The van der Waals surface area contributed by atoms with Gasteiger partial charge in [0.2, 0.25) is 0 Å². The smallest absolute Gasteiger partial charge is 0.318 e. The van der Waals surface area contributed by atoms with Gasteiger partial charge in [0.15, 0.2) is 0 Å². The fraction of sp³-hybridized carbons (Fsp3) is 0.333. The number of benzene rings is 1. The summed E-state index contributed by atoms with van der Waals surface area (Å²) >= 11 is 0. The van der Waals surface area contributed by atoms with E-state index >= 15 is 0 Å². The second kappa shape index (κ2) is 4.55. The monoisotopic (exact) mass is 233 g/mol. The van der Waals surface area contributed by atoms with Gasteiger partial charge in [0.25, 0.3) is 5.56 Å². The standard InChI is InChI=1S/C12H15N3O2/c1-8-3-4-9-10(7-8)14-12(17)15(11(9)16)6-5-13-2/h3-4,7,13H,5-6H2,1-2H3,(H,14,17).